The van der Waals surface area contributed by atoms with Crippen LogP contribution in [0.5, 0.6) is 5.88 Å². The van der Waals surface area contributed by atoms with E-state index in [2.05, 4.69) is 40.2 Å². The van der Waals surface area contributed by atoms with E-state index >= 15 is 0 Å². The zero-order valence-electron chi connectivity index (χ0n) is 19.7. The molecule has 0 spiro atoms. The van der Waals surface area contributed by atoms with Crippen molar-refractivity contribution in [3.8, 4) is 5.88 Å². The molecular formula is C29H29Cl2FN2O. The Hall–Kier alpha value is -2.40. The minimum Gasteiger partial charge on any atom is -0.473 e. The molecule has 2 aromatic carbocycles. The third-order valence-corrected chi connectivity index (χ3v) is 7.41. The second kappa shape index (κ2) is 11.1. The molecule has 0 saturated carbocycles. The molecule has 1 aromatic heterocycles. The molecule has 0 amide bonds. The molecule has 3 nitrogen and oxygen atoms in total. The summed E-state index contributed by atoms with van der Waals surface area (Å²) in [6.45, 7) is 2.28. The van der Waals surface area contributed by atoms with Gasteiger partial charge in [-0.15, -0.1) is 0 Å². The Morgan fingerprint density at radius 1 is 1.03 bits per heavy atom. The quantitative estimate of drug-likeness (QED) is 0.329. The third kappa shape index (κ3) is 5.55. The Kier molecular flexibility index (Phi) is 7.72. The number of rotatable bonds is 7. The van der Waals surface area contributed by atoms with Crippen LogP contribution in [-0.2, 0) is 6.42 Å². The molecule has 1 aliphatic carbocycles. The van der Waals surface area contributed by atoms with Crippen LogP contribution in [0.2, 0.25) is 10.0 Å². The van der Waals surface area contributed by atoms with Crippen LogP contribution in [0, 0.1) is 0 Å². The monoisotopic (exact) mass is 510 g/mol. The lowest BCUT2D eigenvalue weighted by molar-refractivity contribution is 0.191. The van der Waals surface area contributed by atoms with Gasteiger partial charge in [0.1, 0.15) is 6.10 Å². The van der Waals surface area contributed by atoms with Gasteiger partial charge in [0.15, 0.2) is 0 Å². The molecule has 182 valence electrons. The van der Waals surface area contributed by atoms with E-state index in [1.807, 2.05) is 30.5 Å². The summed E-state index contributed by atoms with van der Waals surface area (Å²) < 4.78 is 18.7. The number of aromatic nitrogens is 1. The van der Waals surface area contributed by atoms with Crippen molar-refractivity contribution < 1.29 is 9.13 Å². The number of benzene rings is 2. The minimum atomic E-state index is -0.271. The number of hydrogen-bond acceptors (Lipinski definition) is 3. The van der Waals surface area contributed by atoms with Gasteiger partial charge in [-0.05, 0) is 78.1 Å². The molecule has 1 atom stereocenters. The average Bonchev–Trinajstić information content (AvgIpc) is 3.22. The zero-order chi connectivity index (χ0) is 24.2. The van der Waals surface area contributed by atoms with Gasteiger partial charge in [0.25, 0.3) is 0 Å². The lowest BCUT2D eigenvalue weighted by atomic mass is 9.88. The molecule has 1 aliphatic heterocycles. The summed E-state index contributed by atoms with van der Waals surface area (Å²) in [6.07, 6.45) is 6.50. The van der Waals surface area contributed by atoms with Gasteiger partial charge in [-0.2, -0.15) is 0 Å². The highest BCUT2D eigenvalue weighted by molar-refractivity contribution is 6.36. The first-order chi connectivity index (χ1) is 17.1. The lowest BCUT2D eigenvalue weighted by Crippen LogP contribution is -2.26. The van der Waals surface area contributed by atoms with Crippen LogP contribution in [0.3, 0.4) is 0 Å². The highest BCUT2D eigenvalue weighted by atomic mass is 35.5. The highest BCUT2D eigenvalue weighted by Crippen LogP contribution is 2.42. The van der Waals surface area contributed by atoms with Gasteiger partial charge < -0.3 is 4.74 Å². The van der Waals surface area contributed by atoms with Gasteiger partial charge in [-0.3, -0.25) is 9.29 Å². The number of aryl methyl sites for hydroxylation is 1. The molecule has 1 saturated heterocycles. The van der Waals surface area contributed by atoms with E-state index in [1.54, 1.807) is 0 Å². The number of hydrogen-bond donors (Lipinski definition) is 0. The second-order valence-corrected chi connectivity index (χ2v) is 10.1. The Bertz CT molecular complexity index is 1210. The van der Waals surface area contributed by atoms with E-state index in [0.29, 0.717) is 22.3 Å². The van der Waals surface area contributed by atoms with Crippen molar-refractivity contribution in [1.29, 1.82) is 0 Å². The average molecular weight is 511 g/mol. The SMILES string of the molecule is FCCCN1CC[C@H](Oc2ccc(C3=C(c4ccc(Cl)cc4Cl)CCCc4ccccc43)cn2)C1. The van der Waals surface area contributed by atoms with Crippen molar-refractivity contribution in [2.45, 2.75) is 38.2 Å². The van der Waals surface area contributed by atoms with E-state index in [1.165, 1.54) is 22.3 Å². The molecule has 5 rings (SSSR count). The molecule has 0 N–H and O–H groups in total. The maximum Gasteiger partial charge on any atom is 0.213 e. The summed E-state index contributed by atoms with van der Waals surface area (Å²) in [6, 6.07) is 18.4. The van der Waals surface area contributed by atoms with Gasteiger partial charge in [0, 0.05) is 47.5 Å². The van der Waals surface area contributed by atoms with E-state index < -0.39 is 0 Å². The Morgan fingerprint density at radius 3 is 2.71 bits per heavy atom. The molecule has 2 aliphatic rings. The van der Waals surface area contributed by atoms with Crippen LogP contribution in [-0.4, -0.2) is 42.3 Å². The van der Waals surface area contributed by atoms with Gasteiger partial charge >= 0.3 is 0 Å². The molecule has 0 unspecified atom stereocenters. The maximum absolute atomic E-state index is 12.5. The van der Waals surface area contributed by atoms with Crippen molar-refractivity contribution in [2.75, 3.05) is 26.3 Å². The Labute approximate surface area is 216 Å². The Morgan fingerprint density at radius 2 is 1.91 bits per heavy atom. The summed E-state index contributed by atoms with van der Waals surface area (Å²) in [5.74, 6) is 0.625. The number of fused-ring (bicyclic) bond motifs is 1. The summed E-state index contributed by atoms with van der Waals surface area (Å²) in [7, 11) is 0. The van der Waals surface area contributed by atoms with Crippen molar-refractivity contribution >= 4 is 34.3 Å². The first kappa shape index (κ1) is 24.3. The molecule has 35 heavy (non-hydrogen) atoms. The fourth-order valence-corrected chi connectivity index (χ4v) is 5.73. The van der Waals surface area contributed by atoms with Crippen LogP contribution in [0.1, 0.15) is 47.9 Å². The molecule has 0 radical (unpaired) electrons. The summed E-state index contributed by atoms with van der Waals surface area (Å²) in [4.78, 5) is 6.94. The van der Waals surface area contributed by atoms with Gasteiger partial charge in [-0.1, -0.05) is 53.5 Å². The number of halogens is 3. The van der Waals surface area contributed by atoms with E-state index in [-0.39, 0.29) is 12.8 Å². The largest absolute Gasteiger partial charge is 0.473 e. The number of nitrogens with zero attached hydrogens (tertiary/aromatic N) is 2. The van der Waals surface area contributed by atoms with Crippen LogP contribution in [0.15, 0.2) is 60.8 Å². The van der Waals surface area contributed by atoms with Crippen LogP contribution < -0.4 is 4.74 Å². The van der Waals surface area contributed by atoms with Crippen LogP contribution >= 0.6 is 23.2 Å². The minimum absolute atomic E-state index is 0.0919. The van der Waals surface area contributed by atoms with Crippen molar-refractivity contribution in [1.82, 2.24) is 9.88 Å². The molecule has 6 heteroatoms. The van der Waals surface area contributed by atoms with Gasteiger partial charge in [0.2, 0.25) is 5.88 Å². The molecule has 0 bridgehead atoms. The first-order valence-corrected chi connectivity index (χ1v) is 13.1. The van der Waals surface area contributed by atoms with Crippen molar-refractivity contribution in [2.24, 2.45) is 0 Å². The fourth-order valence-electron chi connectivity index (χ4n) is 5.21. The van der Waals surface area contributed by atoms with Crippen molar-refractivity contribution in [3.05, 3.63) is 93.1 Å². The highest BCUT2D eigenvalue weighted by Gasteiger charge is 2.25. The number of likely N-dealkylation sites (tertiary alicyclic amines) is 1. The Balaban J connectivity index is 1.47. The van der Waals surface area contributed by atoms with E-state index in [0.717, 1.165) is 56.4 Å². The smallest absolute Gasteiger partial charge is 0.213 e. The molecule has 1 fully saturated rings. The number of alkyl halides is 1. The van der Waals surface area contributed by atoms with E-state index in [4.69, 9.17) is 27.9 Å². The van der Waals surface area contributed by atoms with Crippen LogP contribution in [0.4, 0.5) is 4.39 Å². The summed E-state index contributed by atoms with van der Waals surface area (Å²) >= 11 is 12.9. The summed E-state index contributed by atoms with van der Waals surface area (Å²) in [5.41, 5.74) is 7.00. The number of ether oxygens (including phenoxy) is 1. The van der Waals surface area contributed by atoms with Crippen LogP contribution in [0.25, 0.3) is 11.1 Å². The van der Waals surface area contributed by atoms with Crippen molar-refractivity contribution in [3.63, 3.8) is 0 Å². The standard InChI is InChI=1S/C29H29Cl2FN2O/c30-22-10-11-25(27(31)17-22)26-8-3-6-20-5-1-2-7-24(20)29(26)21-9-12-28(33-18-21)35-23-13-16-34(19-23)15-4-14-32/h1-2,5,7,9-12,17-18,23H,3-4,6,8,13-16,19H2/t23-/m0/s1. The maximum atomic E-state index is 12.5. The van der Waals surface area contributed by atoms with Gasteiger partial charge in [0.05, 0.1) is 6.67 Å². The number of pyridine rings is 1. The first-order valence-electron chi connectivity index (χ1n) is 12.3. The predicted octanol–water partition coefficient (Wildman–Crippen LogP) is 7.50. The predicted molar refractivity (Wildman–Crippen MR) is 142 cm³/mol. The lowest BCUT2D eigenvalue weighted by Gasteiger charge is -2.18. The molecule has 2 heterocycles. The van der Waals surface area contributed by atoms with Gasteiger partial charge in [-0.25, -0.2) is 4.98 Å². The second-order valence-electron chi connectivity index (χ2n) is 9.25. The fraction of sp³-hybridized carbons (Fsp3) is 0.345. The number of allylic oxidation sites excluding steroid dienone is 1. The topological polar surface area (TPSA) is 25.4 Å². The zero-order valence-corrected chi connectivity index (χ0v) is 21.2. The summed E-state index contributed by atoms with van der Waals surface area (Å²) in [5, 5.41) is 1.30. The molecular weight excluding hydrogens is 482 g/mol. The third-order valence-electron chi connectivity index (χ3n) is 6.87. The normalized spacial score (nSPS) is 18.4. The van der Waals surface area contributed by atoms with E-state index in [9.17, 15) is 4.39 Å². The molecule has 3 aromatic rings.